The van der Waals surface area contributed by atoms with Crippen molar-refractivity contribution in [1.82, 2.24) is 19.1 Å². The Morgan fingerprint density at radius 1 is 0.403 bits per heavy atom. The fraction of sp³-hybridized carbons (Fsp3) is 0.338. The van der Waals surface area contributed by atoms with Gasteiger partial charge >= 0.3 is 0 Å². The number of aromatic nitrogens is 5. The Kier molecular flexibility index (Phi) is 12.9. The lowest BCUT2D eigenvalue weighted by molar-refractivity contribution is -0.566. The molecular formula is C71H80N5O+. The van der Waals surface area contributed by atoms with Crippen molar-refractivity contribution >= 4 is 33.0 Å². The van der Waals surface area contributed by atoms with Crippen LogP contribution in [0.2, 0.25) is 0 Å². The van der Waals surface area contributed by atoms with E-state index in [1.54, 1.807) is 0 Å². The molecule has 0 saturated carbocycles. The van der Waals surface area contributed by atoms with Gasteiger partial charge in [0.25, 0.3) is 12.0 Å². The predicted octanol–water partition coefficient (Wildman–Crippen LogP) is 18.7. The SMILES string of the molecule is CC(C)(C)c1cc(-c2cc(C(C)(C)C)cc(-c3cc(C(C)(C)C)cc(C(C)(C)C)c3)c2-[n+]2cn(-c3cccc(Oc4ccc5c6ccccc6n(-c6cc(C(C)(C)C)ccn6)c5c4)c3)c3ncccc32)cc(C(C)(C)C)c1. The Labute approximate surface area is 458 Å². The zero-order valence-electron chi connectivity index (χ0n) is 49.2. The number of hydrogen-bond acceptors (Lipinski definition) is 3. The van der Waals surface area contributed by atoms with Gasteiger partial charge in [-0.15, -0.1) is 0 Å². The molecule has 0 unspecified atom stereocenters. The summed E-state index contributed by atoms with van der Waals surface area (Å²) in [6.45, 7) is 41.7. The first-order valence-corrected chi connectivity index (χ1v) is 27.6. The summed E-state index contributed by atoms with van der Waals surface area (Å²) < 4.78 is 13.8. The van der Waals surface area contributed by atoms with Crippen LogP contribution in [0, 0.1) is 0 Å². The van der Waals surface area contributed by atoms with Crippen LogP contribution in [0.1, 0.15) is 158 Å². The lowest BCUT2D eigenvalue weighted by Gasteiger charge is -2.29. The maximum absolute atomic E-state index is 6.90. The first kappa shape index (κ1) is 53.1. The molecule has 6 aromatic carbocycles. The second-order valence-electron chi connectivity index (χ2n) is 27.8. The number of nitrogens with zero attached hydrogens (tertiary/aromatic N) is 5. The minimum Gasteiger partial charge on any atom is -0.457 e. The standard InChI is InChI=1S/C71H80N5O/c1-66(2,3)47-30-32-72-63(41-47)76-60-26-20-19-25-56(60)57-29-28-55(43-62(57)76)77-54-24-21-23-53(42-54)74-44-75(61-27-22-31-73-65(61)74)64-58(45-33-48(67(4,5)6)37-49(34-45)68(7,8)9)39-52(71(16,17)18)40-59(64)46-35-50(69(10,11)12)38-51(36-46)70(13,14)15/h19-44H,1-18H3/q+1. The Bertz CT molecular complexity index is 3730. The van der Waals surface area contributed by atoms with E-state index < -0.39 is 0 Å². The molecule has 394 valence electrons. The number of benzene rings is 6. The topological polar surface area (TPSA) is 48.8 Å². The zero-order chi connectivity index (χ0) is 55.4. The van der Waals surface area contributed by atoms with Gasteiger partial charge in [-0.2, -0.15) is 9.13 Å². The second kappa shape index (κ2) is 18.7. The molecule has 0 radical (unpaired) electrons. The van der Waals surface area contributed by atoms with Crippen molar-refractivity contribution in [2.45, 2.75) is 157 Å². The third-order valence-electron chi connectivity index (χ3n) is 15.5. The fourth-order valence-electron chi connectivity index (χ4n) is 10.5. The normalized spacial score (nSPS) is 13.1. The number of imidazole rings is 1. The highest BCUT2D eigenvalue weighted by Crippen LogP contribution is 2.44. The van der Waals surface area contributed by atoms with Crippen LogP contribution in [-0.4, -0.2) is 19.1 Å². The number of para-hydroxylation sites is 1. The first-order chi connectivity index (χ1) is 35.9. The molecule has 0 saturated heterocycles. The molecule has 77 heavy (non-hydrogen) atoms. The molecule has 4 aromatic heterocycles. The quantitative estimate of drug-likeness (QED) is 0.150. The van der Waals surface area contributed by atoms with Gasteiger partial charge in [0.15, 0.2) is 5.52 Å². The number of hydrogen-bond donors (Lipinski definition) is 0. The lowest BCUT2D eigenvalue weighted by atomic mass is 9.76. The summed E-state index contributed by atoms with van der Waals surface area (Å²) in [5.74, 6) is 2.35. The number of pyridine rings is 2. The summed E-state index contributed by atoms with van der Waals surface area (Å²) in [6.07, 6.45) is 6.07. The predicted molar refractivity (Wildman–Crippen MR) is 324 cm³/mol. The molecule has 0 N–H and O–H groups in total. The van der Waals surface area contributed by atoms with E-state index in [1.165, 1.54) is 61.0 Å². The van der Waals surface area contributed by atoms with Crippen molar-refractivity contribution in [3.8, 4) is 50.9 Å². The monoisotopic (exact) mass is 1020 g/mol. The Balaban J connectivity index is 1.20. The summed E-state index contributed by atoms with van der Waals surface area (Å²) >= 11 is 0. The molecule has 0 fully saturated rings. The van der Waals surface area contributed by atoms with Gasteiger partial charge in [0.1, 0.15) is 28.7 Å². The van der Waals surface area contributed by atoms with E-state index in [1.807, 2.05) is 18.5 Å². The molecule has 0 aliphatic rings. The second-order valence-corrected chi connectivity index (χ2v) is 27.8. The van der Waals surface area contributed by atoms with Crippen LogP contribution in [-0.2, 0) is 32.5 Å². The van der Waals surface area contributed by atoms with E-state index in [0.717, 1.165) is 56.3 Å². The molecule has 0 atom stereocenters. The van der Waals surface area contributed by atoms with E-state index in [2.05, 4.69) is 278 Å². The van der Waals surface area contributed by atoms with Crippen molar-refractivity contribution in [3.05, 3.63) is 192 Å². The van der Waals surface area contributed by atoms with Crippen molar-refractivity contribution in [3.63, 3.8) is 0 Å². The van der Waals surface area contributed by atoms with Gasteiger partial charge in [0.05, 0.1) is 11.0 Å². The van der Waals surface area contributed by atoms with Gasteiger partial charge in [-0.25, -0.2) is 9.97 Å². The summed E-state index contributed by atoms with van der Waals surface area (Å²) in [6, 6.07) is 51.6. The largest absolute Gasteiger partial charge is 0.457 e. The highest BCUT2D eigenvalue weighted by molar-refractivity contribution is 6.09. The molecule has 6 heteroatoms. The van der Waals surface area contributed by atoms with Crippen molar-refractivity contribution in [2.24, 2.45) is 0 Å². The van der Waals surface area contributed by atoms with E-state index in [-0.39, 0.29) is 32.5 Å². The molecule has 0 aliphatic heterocycles. The summed E-state index contributed by atoms with van der Waals surface area (Å²) in [7, 11) is 0. The minimum absolute atomic E-state index is 0.0283. The molecule has 10 aromatic rings. The third-order valence-corrected chi connectivity index (χ3v) is 15.5. The average molecular weight is 1020 g/mol. The molecule has 6 nitrogen and oxygen atoms in total. The molecule has 10 rings (SSSR count). The van der Waals surface area contributed by atoms with Crippen molar-refractivity contribution in [1.29, 1.82) is 0 Å². The Morgan fingerprint density at radius 2 is 0.922 bits per heavy atom. The smallest absolute Gasteiger partial charge is 0.274 e. The van der Waals surface area contributed by atoms with Crippen molar-refractivity contribution < 1.29 is 9.30 Å². The minimum atomic E-state index is -0.152. The van der Waals surface area contributed by atoms with Crippen LogP contribution < -0.4 is 9.30 Å². The van der Waals surface area contributed by atoms with E-state index in [4.69, 9.17) is 14.7 Å². The number of rotatable bonds is 7. The van der Waals surface area contributed by atoms with Crippen LogP contribution in [0.3, 0.4) is 0 Å². The van der Waals surface area contributed by atoms with Gasteiger partial charge in [0.2, 0.25) is 0 Å². The van der Waals surface area contributed by atoms with Gasteiger partial charge in [0, 0.05) is 46.4 Å². The van der Waals surface area contributed by atoms with Gasteiger partial charge < -0.3 is 4.74 Å². The Morgan fingerprint density at radius 3 is 1.48 bits per heavy atom. The molecule has 4 heterocycles. The molecule has 0 amide bonds. The number of fused-ring (bicyclic) bond motifs is 4. The fourth-order valence-corrected chi connectivity index (χ4v) is 10.5. The third kappa shape index (κ3) is 10.4. The maximum Gasteiger partial charge on any atom is 0.274 e. The van der Waals surface area contributed by atoms with Crippen LogP contribution in [0.5, 0.6) is 11.5 Å². The van der Waals surface area contributed by atoms with Gasteiger partial charge in [-0.1, -0.05) is 185 Å². The summed E-state index contributed by atoms with van der Waals surface area (Å²) in [5.41, 5.74) is 18.1. The number of ether oxygens (including phenoxy) is 1. The van der Waals surface area contributed by atoms with Gasteiger partial charge in [-0.05, 0) is 144 Å². The first-order valence-electron chi connectivity index (χ1n) is 27.6. The Hall–Kier alpha value is -7.31. The molecule has 0 bridgehead atoms. The van der Waals surface area contributed by atoms with Crippen LogP contribution >= 0.6 is 0 Å². The van der Waals surface area contributed by atoms with Gasteiger partial charge in [-0.3, -0.25) is 4.57 Å². The highest BCUT2D eigenvalue weighted by Gasteiger charge is 2.32. The van der Waals surface area contributed by atoms with Crippen LogP contribution in [0.15, 0.2) is 158 Å². The van der Waals surface area contributed by atoms with Crippen LogP contribution in [0.4, 0.5) is 0 Å². The van der Waals surface area contributed by atoms with Crippen LogP contribution in [0.25, 0.3) is 72.4 Å². The lowest BCUT2D eigenvalue weighted by Crippen LogP contribution is -2.31. The summed E-state index contributed by atoms with van der Waals surface area (Å²) in [5, 5.41) is 2.32. The van der Waals surface area contributed by atoms with Crippen molar-refractivity contribution in [2.75, 3.05) is 0 Å². The molecule has 0 spiro atoms. The summed E-state index contributed by atoms with van der Waals surface area (Å²) in [4.78, 5) is 10.1. The van der Waals surface area contributed by atoms with E-state index in [0.29, 0.717) is 0 Å². The molecule has 0 aliphatic carbocycles. The highest BCUT2D eigenvalue weighted by atomic mass is 16.5. The average Bonchev–Trinajstić information content (AvgIpc) is 4.12. The maximum atomic E-state index is 6.90. The zero-order valence-corrected chi connectivity index (χ0v) is 49.2. The van der Waals surface area contributed by atoms with E-state index in [9.17, 15) is 0 Å². The van der Waals surface area contributed by atoms with E-state index >= 15 is 0 Å². The molecular weight excluding hydrogens is 939 g/mol.